The van der Waals surface area contributed by atoms with E-state index in [1.165, 1.54) is 25.7 Å². The van der Waals surface area contributed by atoms with E-state index < -0.39 is 5.97 Å². The molecule has 5 nitrogen and oxygen atoms in total. The normalized spacial score (nSPS) is 16.9. The van der Waals surface area contributed by atoms with Gasteiger partial charge in [0.25, 0.3) is 0 Å². The maximum Gasteiger partial charge on any atom is 0.305 e. The van der Waals surface area contributed by atoms with Crippen molar-refractivity contribution in [2.75, 3.05) is 26.9 Å². The molecule has 0 saturated carbocycles. The molecular formula is C21H30O5. The molecule has 0 radical (unpaired) electrons. The summed E-state index contributed by atoms with van der Waals surface area (Å²) < 4.78 is 22.2. The van der Waals surface area contributed by atoms with E-state index in [2.05, 4.69) is 6.92 Å². The zero-order valence-corrected chi connectivity index (χ0v) is 15.9. The van der Waals surface area contributed by atoms with Gasteiger partial charge in [0.2, 0.25) is 0 Å². The minimum Gasteiger partial charge on any atom is -0.497 e. The number of Topliss-reactive ketones (excluding diaryl/α,β-unsaturated/α-hetero) is 1. The van der Waals surface area contributed by atoms with Gasteiger partial charge in [0.15, 0.2) is 5.78 Å². The van der Waals surface area contributed by atoms with Gasteiger partial charge < -0.3 is 18.9 Å². The molecule has 1 aromatic rings. The topological polar surface area (TPSA) is 54.0 Å². The highest BCUT2D eigenvalue weighted by Gasteiger charge is 2.36. The summed E-state index contributed by atoms with van der Waals surface area (Å²) in [5.41, 5.74) is 0.970. The van der Waals surface area contributed by atoms with Gasteiger partial charge in [-0.3, -0.25) is 4.79 Å². The number of carbonyl (C=O) groups is 1. The van der Waals surface area contributed by atoms with Crippen LogP contribution in [0.4, 0.5) is 0 Å². The second-order valence-corrected chi connectivity index (χ2v) is 6.44. The van der Waals surface area contributed by atoms with Crippen LogP contribution in [0.3, 0.4) is 0 Å². The van der Waals surface area contributed by atoms with Crippen LogP contribution in [0.25, 0.3) is 6.08 Å². The van der Waals surface area contributed by atoms with E-state index in [0.29, 0.717) is 6.61 Å². The Balaban J connectivity index is 1.89. The molecule has 1 heterocycles. The minimum atomic E-state index is -1.28. The molecule has 1 aromatic carbocycles. The molecule has 0 spiro atoms. The lowest BCUT2D eigenvalue weighted by Gasteiger charge is -2.33. The van der Waals surface area contributed by atoms with Gasteiger partial charge in [-0.05, 0) is 24.1 Å². The average Bonchev–Trinajstić information content (AvgIpc) is 2.68. The highest BCUT2D eigenvalue weighted by molar-refractivity contribution is 5.81. The first-order chi connectivity index (χ1) is 12.7. The Bertz CT molecular complexity index is 554. The maximum absolute atomic E-state index is 11.4. The average molecular weight is 362 g/mol. The summed E-state index contributed by atoms with van der Waals surface area (Å²) in [6.45, 7) is 2.75. The van der Waals surface area contributed by atoms with E-state index in [4.69, 9.17) is 18.9 Å². The number of methoxy groups -OCH3 is 1. The fourth-order valence-corrected chi connectivity index (χ4v) is 2.68. The molecule has 0 atom stereocenters. The Morgan fingerprint density at radius 2 is 1.69 bits per heavy atom. The van der Waals surface area contributed by atoms with Crippen LogP contribution in [-0.4, -0.2) is 38.7 Å². The monoisotopic (exact) mass is 362 g/mol. The predicted octanol–water partition coefficient (Wildman–Crippen LogP) is 4.36. The van der Waals surface area contributed by atoms with Crippen LogP contribution in [0.5, 0.6) is 5.75 Å². The van der Waals surface area contributed by atoms with Crippen molar-refractivity contribution in [3.63, 3.8) is 0 Å². The first kappa shape index (κ1) is 20.6. The van der Waals surface area contributed by atoms with E-state index >= 15 is 0 Å². The second kappa shape index (κ2) is 11.1. The molecule has 1 fully saturated rings. The number of hydrogen-bond donors (Lipinski definition) is 0. The zero-order valence-electron chi connectivity index (χ0n) is 15.9. The third-order valence-electron chi connectivity index (χ3n) is 4.27. The third kappa shape index (κ3) is 6.90. The predicted molar refractivity (Wildman–Crippen MR) is 101 cm³/mol. The molecule has 1 saturated heterocycles. The van der Waals surface area contributed by atoms with Crippen molar-refractivity contribution in [1.29, 1.82) is 0 Å². The standard InChI is InChI=1S/C21H30O5/c1-3-4-5-6-7-8-15-24-21(25-16-19(22)17-26-21)14-13-18-9-11-20(23-2)12-10-18/h9-14H,3-8,15-17H2,1-2H3/b14-13+. The summed E-state index contributed by atoms with van der Waals surface area (Å²) in [7, 11) is 1.64. The molecule has 2 rings (SSSR count). The molecule has 0 bridgehead atoms. The first-order valence-corrected chi connectivity index (χ1v) is 9.44. The number of unbranched alkanes of at least 4 members (excludes halogenated alkanes) is 5. The van der Waals surface area contributed by atoms with Crippen LogP contribution >= 0.6 is 0 Å². The lowest BCUT2D eigenvalue weighted by atomic mass is 10.1. The van der Waals surface area contributed by atoms with Crippen molar-refractivity contribution in [1.82, 2.24) is 0 Å². The smallest absolute Gasteiger partial charge is 0.305 e. The van der Waals surface area contributed by atoms with Gasteiger partial charge in [0.05, 0.1) is 13.7 Å². The van der Waals surface area contributed by atoms with Gasteiger partial charge in [0.1, 0.15) is 19.0 Å². The number of ketones is 1. The second-order valence-electron chi connectivity index (χ2n) is 6.44. The SMILES string of the molecule is CCCCCCCCOC1(/C=C/c2ccc(OC)cc2)OCC(=O)CO1. The van der Waals surface area contributed by atoms with Crippen molar-refractivity contribution in [3.05, 3.63) is 35.9 Å². The quantitative estimate of drug-likeness (QED) is 0.548. The molecule has 144 valence electrons. The van der Waals surface area contributed by atoms with Gasteiger partial charge in [-0.15, -0.1) is 0 Å². The van der Waals surface area contributed by atoms with Crippen LogP contribution in [0.15, 0.2) is 30.3 Å². The molecule has 0 aromatic heterocycles. The van der Waals surface area contributed by atoms with Gasteiger partial charge >= 0.3 is 5.97 Å². The molecule has 5 heteroatoms. The summed E-state index contributed by atoms with van der Waals surface area (Å²) in [5, 5.41) is 0. The maximum atomic E-state index is 11.4. The Morgan fingerprint density at radius 1 is 1.04 bits per heavy atom. The highest BCUT2D eigenvalue weighted by atomic mass is 16.9. The Labute approximate surface area is 156 Å². The Hall–Kier alpha value is -1.69. The summed E-state index contributed by atoms with van der Waals surface area (Å²) in [6, 6.07) is 7.64. The molecular weight excluding hydrogens is 332 g/mol. The van der Waals surface area contributed by atoms with Crippen molar-refractivity contribution >= 4 is 11.9 Å². The van der Waals surface area contributed by atoms with E-state index in [0.717, 1.165) is 24.2 Å². The van der Waals surface area contributed by atoms with Crippen molar-refractivity contribution in [2.45, 2.75) is 51.4 Å². The molecule has 0 amide bonds. The summed E-state index contributed by atoms with van der Waals surface area (Å²) in [4.78, 5) is 11.4. The molecule has 1 aliphatic rings. The molecule has 26 heavy (non-hydrogen) atoms. The summed E-state index contributed by atoms with van der Waals surface area (Å²) in [5.74, 6) is -0.564. The molecule has 0 N–H and O–H groups in total. The summed E-state index contributed by atoms with van der Waals surface area (Å²) in [6.07, 6.45) is 10.7. The van der Waals surface area contributed by atoms with Crippen LogP contribution in [0.1, 0.15) is 51.0 Å². The van der Waals surface area contributed by atoms with Crippen molar-refractivity contribution < 1.29 is 23.7 Å². The fourth-order valence-electron chi connectivity index (χ4n) is 2.68. The number of benzene rings is 1. The highest BCUT2D eigenvalue weighted by Crippen LogP contribution is 2.24. The Morgan fingerprint density at radius 3 is 2.35 bits per heavy atom. The number of carbonyl (C=O) groups excluding carboxylic acids is 1. The largest absolute Gasteiger partial charge is 0.497 e. The number of hydrogen-bond acceptors (Lipinski definition) is 5. The van der Waals surface area contributed by atoms with Crippen molar-refractivity contribution in [3.8, 4) is 5.75 Å². The summed E-state index contributed by atoms with van der Waals surface area (Å²) >= 11 is 0. The fraction of sp³-hybridized carbons (Fsp3) is 0.571. The molecule has 0 unspecified atom stereocenters. The minimum absolute atomic E-state index is 0.00343. The number of rotatable bonds is 11. The van der Waals surface area contributed by atoms with Gasteiger partial charge in [-0.1, -0.05) is 57.2 Å². The van der Waals surface area contributed by atoms with Crippen LogP contribution in [0, 0.1) is 0 Å². The van der Waals surface area contributed by atoms with E-state index in [-0.39, 0.29) is 19.0 Å². The van der Waals surface area contributed by atoms with Gasteiger partial charge in [-0.25, -0.2) is 0 Å². The molecule has 0 aliphatic carbocycles. The number of ether oxygens (including phenoxy) is 4. The lowest BCUT2D eigenvalue weighted by Crippen LogP contribution is -2.45. The van der Waals surface area contributed by atoms with Crippen LogP contribution < -0.4 is 4.74 Å². The van der Waals surface area contributed by atoms with E-state index in [9.17, 15) is 4.79 Å². The first-order valence-electron chi connectivity index (χ1n) is 9.44. The lowest BCUT2D eigenvalue weighted by molar-refractivity contribution is -0.356. The van der Waals surface area contributed by atoms with Crippen molar-refractivity contribution in [2.24, 2.45) is 0 Å². The van der Waals surface area contributed by atoms with Crippen LogP contribution in [-0.2, 0) is 19.0 Å². The molecule has 1 aliphatic heterocycles. The van der Waals surface area contributed by atoms with Gasteiger partial charge in [-0.2, -0.15) is 0 Å². The van der Waals surface area contributed by atoms with Gasteiger partial charge in [0, 0.05) is 6.08 Å². The van der Waals surface area contributed by atoms with E-state index in [1.54, 1.807) is 13.2 Å². The zero-order chi connectivity index (χ0) is 18.7. The third-order valence-corrected chi connectivity index (χ3v) is 4.27. The Kier molecular flexibility index (Phi) is 8.81. The van der Waals surface area contributed by atoms with Crippen LogP contribution in [0.2, 0.25) is 0 Å². The van der Waals surface area contributed by atoms with E-state index in [1.807, 2.05) is 30.3 Å².